The number of benzene rings is 1. The highest BCUT2D eigenvalue weighted by Gasteiger charge is 2.24. The predicted octanol–water partition coefficient (Wildman–Crippen LogP) is 3.00. The van der Waals surface area contributed by atoms with E-state index in [0.29, 0.717) is 18.5 Å². The number of methoxy groups -OCH3 is 1. The zero-order valence-electron chi connectivity index (χ0n) is 11.5. The minimum absolute atomic E-state index is 0.0593. The first-order valence-electron chi connectivity index (χ1n) is 6.91. The van der Waals surface area contributed by atoms with E-state index in [1.165, 1.54) is 25.0 Å². The Morgan fingerprint density at radius 1 is 1.32 bits per heavy atom. The van der Waals surface area contributed by atoms with E-state index < -0.39 is 0 Å². The molecule has 1 fully saturated rings. The monoisotopic (exact) mass is 281 g/mol. The molecule has 2 rings (SSSR count). The van der Waals surface area contributed by atoms with Gasteiger partial charge in [-0.1, -0.05) is 24.6 Å². The second kappa shape index (κ2) is 7.78. The molecular formula is C15H23NO2S. The fourth-order valence-electron chi connectivity index (χ4n) is 2.37. The Kier molecular flexibility index (Phi) is 6.01. The van der Waals surface area contributed by atoms with Gasteiger partial charge in [-0.25, -0.2) is 0 Å². The third-order valence-corrected chi connectivity index (χ3v) is 4.92. The molecule has 1 aromatic carbocycles. The SMILES string of the molecule is COCCOc1ccccc1C(N)C1CCCCS1. The molecule has 0 saturated carbocycles. The Morgan fingerprint density at radius 3 is 2.89 bits per heavy atom. The van der Waals surface area contributed by atoms with Gasteiger partial charge in [-0.3, -0.25) is 0 Å². The second-order valence-corrected chi connectivity index (χ2v) is 6.16. The predicted molar refractivity (Wildman–Crippen MR) is 80.8 cm³/mol. The third-order valence-electron chi connectivity index (χ3n) is 3.44. The lowest BCUT2D eigenvalue weighted by atomic mass is 9.99. The lowest BCUT2D eigenvalue weighted by molar-refractivity contribution is 0.145. The minimum atomic E-state index is 0.0593. The van der Waals surface area contributed by atoms with Crippen molar-refractivity contribution >= 4 is 11.8 Å². The maximum Gasteiger partial charge on any atom is 0.124 e. The average molecular weight is 281 g/mol. The molecule has 3 nitrogen and oxygen atoms in total. The van der Waals surface area contributed by atoms with Gasteiger partial charge in [0.15, 0.2) is 0 Å². The van der Waals surface area contributed by atoms with E-state index in [9.17, 15) is 0 Å². The standard InChI is InChI=1S/C15H23NO2S/c1-17-9-10-18-13-7-3-2-6-12(13)15(16)14-8-4-5-11-19-14/h2-3,6-7,14-15H,4-5,8-11,16H2,1H3. The normalized spacial score (nSPS) is 21.1. The highest BCUT2D eigenvalue weighted by Crippen LogP contribution is 2.36. The Labute approximate surface area is 119 Å². The van der Waals surface area contributed by atoms with Gasteiger partial charge in [-0.15, -0.1) is 0 Å². The fraction of sp³-hybridized carbons (Fsp3) is 0.600. The Bertz CT molecular complexity index is 380. The molecule has 1 aromatic rings. The van der Waals surface area contributed by atoms with Crippen LogP contribution in [0.1, 0.15) is 30.9 Å². The Hall–Kier alpha value is -0.710. The molecule has 0 radical (unpaired) electrons. The molecule has 1 heterocycles. The molecule has 0 aromatic heterocycles. The molecule has 2 unspecified atom stereocenters. The Morgan fingerprint density at radius 2 is 2.16 bits per heavy atom. The molecule has 2 atom stereocenters. The molecule has 1 aliphatic rings. The van der Waals surface area contributed by atoms with E-state index >= 15 is 0 Å². The number of rotatable bonds is 6. The van der Waals surface area contributed by atoms with E-state index in [4.69, 9.17) is 15.2 Å². The van der Waals surface area contributed by atoms with Gasteiger partial charge >= 0.3 is 0 Å². The van der Waals surface area contributed by atoms with Crippen molar-refractivity contribution in [1.29, 1.82) is 0 Å². The van der Waals surface area contributed by atoms with Crippen molar-refractivity contribution in [3.05, 3.63) is 29.8 Å². The summed E-state index contributed by atoms with van der Waals surface area (Å²) in [7, 11) is 1.68. The highest BCUT2D eigenvalue weighted by atomic mass is 32.2. The molecule has 19 heavy (non-hydrogen) atoms. The summed E-state index contributed by atoms with van der Waals surface area (Å²) in [6.07, 6.45) is 3.82. The van der Waals surface area contributed by atoms with Gasteiger partial charge in [-0.2, -0.15) is 11.8 Å². The van der Waals surface area contributed by atoms with E-state index in [2.05, 4.69) is 6.07 Å². The van der Waals surface area contributed by atoms with Crippen LogP contribution in [-0.4, -0.2) is 31.3 Å². The van der Waals surface area contributed by atoms with Gasteiger partial charge in [0.05, 0.1) is 6.61 Å². The first-order valence-corrected chi connectivity index (χ1v) is 7.95. The fourth-order valence-corrected chi connectivity index (χ4v) is 3.73. The van der Waals surface area contributed by atoms with Crippen LogP contribution >= 0.6 is 11.8 Å². The van der Waals surface area contributed by atoms with E-state index in [1.807, 2.05) is 30.0 Å². The summed E-state index contributed by atoms with van der Waals surface area (Å²) >= 11 is 2.00. The molecule has 0 bridgehead atoms. The molecule has 1 saturated heterocycles. The zero-order chi connectivity index (χ0) is 13.5. The van der Waals surface area contributed by atoms with Crippen molar-refractivity contribution in [3.8, 4) is 5.75 Å². The summed E-state index contributed by atoms with van der Waals surface area (Å²) in [5.41, 5.74) is 7.57. The Balaban J connectivity index is 2.04. The van der Waals surface area contributed by atoms with Crippen molar-refractivity contribution in [2.45, 2.75) is 30.6 Å². The van der Waals surface area contributed by atoms with Gasteiger partial charge in [-0.05, 0) is 24.7 Å². The third kappa shape index (κ3) is 4.13. The van der Waals surface area contributed by atoms with Crippen LogP contribution in [0.15, 0.2) is 24.3 Å². The molecule has 106 valence electrons. The lowest BCUT2D eigenvalue weighted by Gasteiger charge is -2.28. The van der Waals surface area contributed by atoms with Gasteiger partial charge < -0.3 is 15.2 Å². The molecule has 0 amide bonds. The van der Waals surface area contributed by atoms with E-state index in [-0.39, 0.29) is 6.04 Å². The van der Waals surface area contributed by atoms with Crippen LogP contribution in [0.5, 0.6) is 5.75 Å². The largest absolute Gasteiger partial charge is 0.491 e. The number of hydrogen-bond acceptors (Lipinski definition) is 4. The number of ether oxygens (including phenoxy) is 2. The summed E-state index contributed by atoms with van der Waals surface area (Å²) in [5.74, 6) is 2.13. The summed E-state index contributed by atoms with van der Waals surface area (Å²) in [5, 5.41) is 0.515. The van der Waals surface area contributed by atoms with Crippen molar-refractivity contribution in [1.82, 2.24) is 0 Å². The number of para-hydroxylation sites is 1. The lowest BCUT2D eigenvalue weighted by Crippen LogP contribution is -2.26. The summed E-state index contributed by atoms with van der Waals surface area (Å²) in [6.45, 7) is 1.17. The number of hydrogen-bond donors (Lipinski definition) is 1. The van der Waals surface area contributed by atoms with Crippen LogP contribution in [-0.2, 0) is 4.74 Å². The van der Waals surface area contributed by atoms with Crippen molar-refractivity contribution in [2.24, 2.45) is 5.73 Å². The maximum atomic E-state index is 6.44. The van der Waals surface area contributed by atoms with Crippen LogP contribution in [0.4, 0.5) is 0 Å². The van der Waals surface area contributed by atoms with Crippen LogP contribution in [0.3, 0.4) is 0 Å². The molecule has 0 aliphatic carbocycles. The van der Waals surface area contributed by atoms with E-state index in [1.54, 1.807) is 7.11 Å². The second-order valence-electron chi connectivity index (χ2n) is 4.81. The molecule has 0 spiro atoms. The summed E-state index contributed by atoms with van der Waals surface area (Å²) in [6, 6.07) is 8.17. The zero-order valence-corrected chi connectivity index (χ0v) is 12.3. The summed E-state index contributed by atoms with van der Waals surface area (Å²) < 4.78 is 10.8. The van der Waals surface area contributed by atoms with Gasteiger partial charge in [0.2, 0.25) is 0 Å². The first-order chi connectivity index (χ1) is 9.33. The van der Waals surface area contributed by atoms with Crippen LogP contribution in [0.25, 0.3) is 0 Å². The number of nitrogens with two attached hydrogens (primary N) is 1. The van der Waals surface area contributed by atoms with E-state index in [0.717, 1.165) is 11.3 Å². The van der Waals surface area contributed by atoms with Gasteiger partial charge in [0.25, 0.3) is 0 Å². The molecule has 4 heteroatoms. The van der Waals surface area contributed by atoms with Gasteiger partial charge in [0, 0.05) is 24.0 Å². The van der Waals surface area contributed by atoms with Crippen LogP contribution in [0.2, 0.25) is 0 Å². The maximum absolute atomic E-state index is 6.44. The molecular weight excluding hydrogens is 258 g/mol. The molecule has 1 aliphatic heterocycles. The van der Waals surface area contributed by atoms with Crippen molar-refractivity contribution < 1.29 is 9.47 Å². The first kappa shape index (κ1) is 14.7. The summed E-state index contributed by atoms with van der Waals surface area (Å²) in [4.78, 5) is 0. The topological polar surface area (TPSA) is 44.5 Å². The highest BCUT2D eigenvalue weighted by molar-refractivity contribution is 8.00. The smallest absolute Gasteiger partial charge is 0.124 e. The average Bonchev–Trinajstić information content (AvgIpc) is 2.48. The molecule has 2 N–H and O–H groups in total. The van der Waals surface area contributed by atoms with Crippen LogP contribution < -0.4 is 10.5 Å². The minimum Gasteiger partial charge on any atom is -0.491 e. The van der Waals surface area contributed by atoms with Crippen molar-refractivity contribution in [2.75, 3.05) is 26.1 Å². The quantitative estimate of drug-likeness (QED) is 0.814. The van der Waals surface area contributed by atoms with Crippen molar-refractivity contribution in [3.63, 3.8) is 0 Å². The van der Waals surface area contributed by atoms with Gasteiger partial charge in [0.1, 0.15) is 12.4 Å². The van der Waals surface area contributed by atoms with Crippen LogP contribution in [0, 0.1) is 0 Å². The number of thioether (sulfide) groups is 1.